The summed E-state index contributed by atoms with van der Waals surface area (Å²) in [6, 6.07) is 24.8. The summed E-state index contributed by atoms with van der Waals surface area (Å²) in [5.74, 6) is 1.37. The van der Waals surface area contributed by atoms with Crippen molar-refractivity contribution in [2.24, 2.45) is 0 Å². The maximum Gasteiger partial charge on any atom is 0.251 e. The molecule has 0 heterocycles. The summed E-state index contributed by atoms with van der Waals surface area (Å²) in [5, 5.41) is 3.03. The molecule has 0 unspecified atom stereocenters. The van der Waals surface area contributed by atoms with E-state index in [2.05, 4.69) is 5.32 Å². The predicted octanol–water partition coefficient (Wildman–Crippen LogP) is 5.16. The van der Waals surface area contributed by atoms with Gasteiger partial charge in [-0.05, 0) is 55.3 Å². The van der Waals surface area contributed by atoms with Gasteiger partial charge in [0, 0.05) is 5.56 Å². The lowest BCUT2D eigenvalue weighted by Crippen LogP contribution is -2.26. The van der Waals surface area contributed by atoms with Crippen molar-refractivity contribution in [2.45, 2.75) is 26.5 Å². The second-order valence-corrected chi connectivity index (χ2v) is 6.50. The van der Waals surface area contributed by atoms with Gasteiger partial charge >= 0.3 is 0 Å². The minimum Gasteiger partial charge on any atom is -0.494 e. The topological polar surface area (TPSA) is 47.6 Å². The predicted molar refractivity (Wildman–Crippen MR) is 111 cm³/mol. The van der Waals surface area contributed by atoms with Crippen LogP contribution in [0.25, 0.3) is 0 Å². The molecule has 0 saturated carbocycles. The molecule has 3 aromatic rings. The van der Waals surface area contributed by atoms with Crippen LogP contribution in [0, 0.1) is 0 Å². The Morgan fingerprint density at radius 2 is 1.64 bits per heavy atom. The first-order valence-corrected chi connectivity index (χ1v) is 9.46. The fourth-order valence-electron chi connectivity index (χ4n) is 2.85. The third-order valence-electron chi connectivity index (χ3n) is 4.38. The van der Waals surface area contributed by atoms with Gasteiger partial charge in [0.25, 0.3) is 5.91 Å². The molecule has 0 aliphatic heterocycles. The lowest BCUT2D eigenvalue weighted by Gasteiger charge is -2.15. The first-order valence-electron chi connectivity index (χ1n) is 9.46. The summed E-state index contributed by atoms with van der Waals surface area (Å²) in [7, 11) is 0. The van der Waals surface area contributed by atoms with Crippen LogP contribution in [0.5, 0.6) is 11.5 Å². The van der Waals surface area contributed by atoms with Crippen LogP contribution in [0.2, 0.25) is 0 Å². The van der Waals surface area contributed by atoms with Crippen molar-refractivity contribution < 1.29 is 14.3 Å². The van der Waals surface area contributed by atoms with Crippen molar-refractivity contribution in [1.82, 2.24) is 5.32 Å². The van der Waals surface area contributed by atoms with Crippen molar-refractivity contribution >= 4 is 5.91 Å². The van der Waals surface area contributed by atoms with Crippen molar-refractivity contribution in [3.8, 4) is 11.5 Å². The smallest absolute Gasteiger partial charge is 0.251 e. The number of carbonyl (C=O) groups excluding carboxylic acids is 1. The molecule has 3 aromatic carbocycles. The highest BCUT2D eigenvalue weighted by molar-refractivity contribution is 5.94. The second kappa shape index (κ2) is 9.60. The van der Waals surface area contributed by atoms with Crippen LogP contribution in [0.4, 0.5) is 0 Å². The highest BCUT2D eigenvalue weighted by atomic mass is 16.5. The zero-order chi connectivity index (χ0) is 19.8. The molecular weight excluding hydrogens is 350 g/mol. The Morgan fingerprint density at radius 3 is 2.36 bits per heavy atom. The zero-order valence-electron chi connectivity index (χ0n) is 16.2. The van der Waals surface area contributed by atoms with Crippen LogP contribution in [-0.4, -0.2) is 12.5 Å². The maximum absolute atomic E-state index is 12.6. The molecule has 0 spiro atoms. The summed E-state index contributed by atoms with van der Waals surface area (Å²) in [6.45, 7) is 5.01. The molecule has 0 radical (unpaired) electrons. The van der Waals surface area contributed by atoms with E-state index < -0.39 is 0 Å². The molecule has 0 aromatic heterocycles. The van der Waals surface area contributed by atoms with Crippen LogP contribution in [-0.2, 0) is 6.61 Å². The maximum atomic E-state index is 12.6. The number of benzene rings is 3. The molecule has 1 amide bonds. The Balaban J connectivity index is 1.60. The molecule has 3 rings (SSSR count). The van der Waals surface area contributed by atoms with Gasteiger partial charge in [0.1, 0.15) is 18.1 Å². The summed E-state index contributed by atoms with van der Waals surface area (Å²) in [6.07, 6.45) is 0. The van der Waals surface area contributed by atoms with Gasteiger partial charge in [-0.1, -0.05) is 48.5 Å². The van der Waals surface area contributed by atoms with Crippen LogP contribution >= 0.6 is 0 Å². The van der Waals surface area contributed by atoms with E-state index in [0.717, 1.165) is 16.9 Å². The number of carbonyl (C=O) groups is 1. The lowest BCUT2D eigenvalue weighted by molar-refractivity contribution is 0.0939. The molecule has 0 aliphatic carbocycles. The minimum absolute atomic E-state index is 0.114. The Hall–Kier alpha value is -3.27. The average Bonchev–Trinajstić information content (AvgIpc) is 2.74. The van der Waals surface area contributed by atoms with E-state index in [4.69, 9.17) is 9.47 Å². The highest BCUT2D eigenvalue weighted by Gasteiger charge is 2.12. The van der Waals surface area contributed by atoms with E-state index in [-0.39, 0.29) is 11.9 Å². The summed E-state index contributed by atoms with van der Waals surface area (Å²) in [5.41, 5.74) is 2.68. The fraction of sp³-hybridized carbons (Fsp3) is 0.208. The highest BCUT2D eigenvalue weighted by Crippen LogP contribution is 2.19. The number of nitrogens with one attached hydrogen (secondary N) is 1. The van der Waals surface area contributed by atoms with Crippen LogP contribution in [0.3, 0.4) is 0 Å². The van der Waals surface area contributed by atoms with Gasteiger partial charge < -0.3 is 14.8 Å². The minimum atomic E-state index is -0.133. The van der Waals surface area contributed by atoms with E-state index in [0.29, 0.717) is 24.5 Å². The van der Waals surface area contributed by atoms with Gasteiger partial charge in [-0.15, -0.1) is 0 Å². The van der Waals surface area contributed by atoms with Gasteiger partial charge in [-0.25, -0.2) is 0 Å². The van der Waals surface area contributed by atoms with Gasteiger partial charge in [0.15, 0.2) is 0 Å². The molecule has 0 saturated heterocycles. The Bertz CT molecular complexity index is 891. The van der Waals surface area contributed by atoms with Gasteiger partial charge in [0.05, 0.1) is 12.6 Å². The van der Waals surface area contributed by atoms with Gasteiger partial charge in [-0.3, -0.25) is 4.79 Å². The SMILES string of the molecule is CCOc1ccc([C@H](C)NC(=O)c2cccc(OCc3ccccc3)c2)cc1. The summed E-state index contributed by atoms with van der Waals surface area (Å²) in [4.78, 5) is 12.6. The number of hydrogen-bond donors (Lipinski definition) is 1. The lowest BCUT2D eigenvalue weighted by atomic mass is 10.1. The molecule has 4 nitrogen and oxygen atoms in total. The van der Waals surface area contributed by atoms with Crippen LogP contribution in [0.1, 0.15) is 41.4 Å². The Labute approximate surface area is 166 Å². The van der Waals surface area contributed by atoms with Crippen LogP contribution in [0.15, 0.2) is 78.9 Å². The molecule has 0 aliphatic rings. The van der Waals surface area contributed by atoms with E-state index in [1.165, 1.54) is 0 Å². The normalized spacial score (nSPS) is 11.5. The van der Waals surface area contributed by atoms with Gasteiger partial charge in [-0.2, -0.15) is 0 Å². The van der Waals surface area contributed by atoms with Gasteiger partial charge in [0.2, 0.25) is 0 Å². The van der Waals surface area contributed by atoms with Crippen molar-refractivity contribution in [3.63, 3.8) is 0 Å². The molecule has 0 bridgehead atoms. The van der Waals surface area contributed by atoms with Crippen molar-refractivity contribution in [1.29, 1.82) is 0 Å². The first kappa shape index (κ1) is 19.5. The number of hydrogen-bond acceptors (Lipinski definition) is 3. The molecule has 0 fully saturated rings. The fourth-order valence-corrected chi connectivity index (χ4v) is 2.85. The Kier molecular flexibility index (Phi) is 6.68. The van der Waals surface area contributed by atoms with Crippen molar-refractivity contribution in [2.75, 3.05) is 6.61 Å². The molecule has 1 atom stereocenters. The number of rotatable bonds is 8. The van der Waals surface area contributed by atoms with Crippen molar-refractivity contribution in [3.05, 3.63) is 95.6 Å². The zero-order valence-corrected chi connectivity index (χ0v) is 16.2. The van der Waals surface area contributed by atoms with Crippen LogP contribution < -0.4 is 14.8 Å². The quantitative estimate of drug-likeness (QED) is 0.592. The summed E-state index contributed by atoms with van der Waals surface area (Å²) >= 11 is 0. The number of ether oxygens (including phenoxy) is 2. The monoisotopic (exact) mass is 375 g/mol. The standard InChI is InChI=1S/C24H25NO3/c1-3-27-22-14-12-20(13-15-22)18(2)25-24(26)21-10-7-11-23(16-21)28-17-19-8-5-4-6-9-19/h4-16,18H,3,17H2,1-2H3,(H,25,26)/t18-/m0/s1. The third-order valence-corrected chi connectivity index (χ3v) is 4.38. The van der Waals surface area contributed by atoms with E-state index in [9.17, 15) is 4.79 Å². The number of amides is 1. The molecular formula is C24H25NO3. The molecule has 1 N–H and O–H groups in total. The first-order chi connectivity index (χ1) is 13.7. The molecule has 144 valence electrons. The van der Waals surface area contributed by atoms with E-state index in [1.54, 1.807) is 12.1 Å². The molecule has 4 heteroatoms. The Morgan fingerprint density at radius 1 is 0.893 bits per heavy atom. The average molecular weight is 375 g/mol. The largest absolute Gasteiger partial charge is 0.494 e. The van der Waals surface area contributed by atoms with E-state index in [1.807, 2.05) is 80.6 Å². The second-order valence-electron chi connectivity index (χ2n) is 6.50. The summed E-state index contributed by atoms with van der Waals surface area (Å²) < 4.78 is 11.3. The third kappa shape index (κ3) is 5.36. The van der Waals surface area contributed by atoms with E-state index >= 15 is 0 Å². The molecule has 28 heavy (non-hydrogen) atoms.